The van der Waals surface area contributed by atoms with Crippen LogP contribution < -0.4 is 5.32 Å². The maximum Gasteiger partial charge on any atom is 0.338 e. The van der Waals surface area contributed by atoms with Crippen molar-refractivity contribution in [3.8, 4) is 0 Å². The van der Waals surface area contributed by atoms with Crippen LogP contribution in [-0.4, -0.2) is 40.5 Å². The van der Waals surface area contributed by atoms with E-state index in [1.807, 2.05) is 13.8 Å². The van der Waals surface area contributed by atoms with Crippen molar-refractivity contribution in [1.29, 1.82) is 0 Å². The highest BCUT2D eigenvalue weighted by molar-refractivity contribution is 6.17. The molecule has 2 N–H and O–H groups in total. The molecule has 23 heavy (non-hydrogen) atoms. The smallest absolute Gasteiger partial charge is 0.338 e. The quantitative estimate of drug-likeness (QED) is 0.857. The zero-order chi connectivity index (χ0) is 17.4. The first kappa shape index (κ1) is 17.1. The number of amidine groups is 1. The first-order valence-corrected chi connectivity index (χ1v) is 7.35. The molecule has 0 aromatic carbocycles. The number of carboxylic acids is 1. The number of carbonyl (C=O) groups excluding carboxylic acids is 1. The number of hydrogen-bond acceptors (Lipinski definition) is 5. The first-order chi connectivity index (χ1) is 10.7. The number of hydrogen-bond donors (Lipinski definition) is 2. The number of aromatic nitrogens is 1. The lowest BCUT2D eigenvalue weighted by Gasteiger charge is -2.21. The van der Waals surface area contributed by atoms with Gasteiger partial charge in [-0.2, -0.15) is 0 Å². The summed E-state index contributed by atoms with van der Waals surface area (Å²) in [6, 6.07) is 1.52. The normalized spacial score (nSPS) is 20.6. The molecule has 0 radical (unpaired) electrons. The lowest BCUT2D eigenvalue weighted by molar-refractivity contribution is -0.124. The number of aliphatic imine (C=N–C) groups is 1. The number of nitrogens with zero attached hydrogens (tertiary/aromatic N) is 2. The molecule has 1 aromatic heterocycles. The van der Waals surface area contributed by atoms with Gasteiger partial charge in [-0.05, 0) is 31.4 Å². The third-order valence-corrected chi connectivity index (χ3v) is 4.23. The van der Waals surface area contributed by atoms with Crippen molar-refractivity contribution in [3.05, 3.63) is 28.6 Å². The van der Waals surface area contributed by atoms with Crippen LogP contribution >= 0.6 is 0 Å². The molecule has 1 amide bonds. The molecule has 0 spiro atoms. The average molecular weight is 319 g/mol. The van der Waals surface area contributed by atoms with Crippen LogP contribution in [0.4, 0.5) is 0 Å². The second kappa shape index (κ2) is 6.08. The van der Waals surface area contributed by atoms with Gasteiger partial charge in [-0.15, -0.1) is 0 Å². The Kier molecular flexibility index (Phi) is 4.51. The molecule has 2 rings (SSSR count). The van der Waals surface area contributed by atoms with Crippen LogP contribution in [0.25, 0.3) is 0 Å². The molecule has 1 unspecified atom stereocenters. The summed E-state index contributed by atoms with van der Waals surface area (Å²) in [5.41, 5.74) is 0.570. The summed E-state index contributed by atoms with van der Waals surface area (Å²) < 4.78 is 5.06. The van der Waals surface area contributed by atoms with E-state index in [1.54, 1.807) is 13.8 Å². The van der Waals surface area contributed by atoms with Crippen LogP contribution in [0.2, 0.25) is 0 Å². The molecule has 1 atom stereocenters. The van der Waals surface area contributed by atoms with Crippen molar-refractivity contribution in [2.45, 2.75) is 39.8 Å². The summed E-state index contributed by atoms with van der Waals surface area (Å²) in [5, 5.41) is 12.1. The molecule has 0 bridgehead atoms. The van der Waals surface area contributed by atoms with Gasteiger partial charge < -0.3 is 15.2 Å². The van der Waals surface area contributed by atoms with Gasteiger partial charge in [0.25, 0.3) is 5.91 Å². The fourth-order valence-electron chi connectivity index (χ4n) is 2.34. The van der Waals surface area contributed by atoms with Crippen LogP contribution in [0, 0.1) is 12.8 Å². The summed E-state index contributed by atoms with van der Waals surface area (Å²) in [7, 11) is 1.53. The van der Waals surface area contributed by atoms with Gasteiger partial charge in [0.15, 0.2) is 5.84 Å². The van der Waals surface area contributed by atoms with Crippen molar-refractivity contribution in [1.82, 2.24) is 10.3 Å². The summed E-state index contributed by atoms with van der Waals surface area (Å²) in [4.78, 5) is 32.6. The second-order valence-corrected chi connectivity index (χ2v) is 6.08. The zero-order valence-electron chi connectivity index (χ0n) is 13.9. The number of nitrogens with one attached hydrogen (secondary N) is 1. The number of carbonyl (C=O) groups is 2. The van der Waals surface area contributed by atoms with E-state index in [1.165, 1.54) is 13.2 Å². The van der Waals surface area contributed by atoms with E-state index in [0.717, 1.165) is 0 Å². The van der Waals surface area contributed by atoms with E-state index >= 15 is 0 Å². The van der Waals surface area contributed by atoms with E-state index in [9.17, 15) is 14.7 Å². The summed E-state index contributed by atoms with van der Waals surface area (Å²) in [6.45, 7) is 7.55. The molecule has 0 saturated heterocycles. The molecule has 0 fully saturated rings. The molecule has 1 aliphatic rings. The lowest BCUT2D eigenvalue weighted by Crippen LogP contribution is -2.41. The Labute approximate surface area is 134 Å². The second-order valence-electron chi connectivity index (χ2n) is 6.08. The predicted molar refractivity (Wildman–Crippen MR) is 84.6 cm³/mol. The van der Waals surface area contributed by atoms with Crippen LogP contribution in [0.1, 0.15) is 48.1 Å². The standard InChI is InChI=1S/C16H21N3O4/c1-8(2)16(4)15(22)18-13(19-16)12-11(14(20)21)6-10(7-23-5)9(3)17-12/h6,8H,7H2,1-5H3,(H,20,21)(H,18,19,22). The number of rotatable bonds is 5. The highest BCUT2D eigenvalue weighted by Gasteiger charge is 2.43. The third-order valence-electron chi connectivity index (χ3n) is 4.23. The molecule has 7 nitrogen and oxygen atoms in total. The van der Waals surface area contributed by atoms with E-state index in [4.69, 9.17) is 4.74 Å². The number of carboxylic acid groups (broad SMARTS) is 1. The highest BCUT2D eigenvalue weighted by atomic mass is 16.5. The van der Waals surface area contributed by atoms with Gasteiger partial charge in [-0.25, -0.2) is 14.8 Å². The average Bonchev–Trinajstić information content (AvgIpc) is 2.78. The first-order valence-electron chi connectivity index (χ1n) is 7.35. The van der Waals surface area contributed by atoms with Gasteiger partial charge in [0.2, 0.25) is 0 Å². The molecule has 1 aromatic rings. The minimum Gasteiger partial charge on any atom is -0.478 e. The van der Waals surface area contributed by atoms with Gasteiger partial charge in [-0.3, -0.25) is 4.79 Å². The van der Waals surface area contributed by atoms with Gasteiger partial charge >= 0.3 is 5.97 Å². The molecule has 1 aliphatic heterocycles. The summed E-state index contributed by atoms with van der Waals surface area (Å²) >= 11 is 0. The molecular weight excluding hydrogens is 298 g/mol. The van der Waals surface area contributed by atoms with Crippen molar-refractivity contribution in [2.75, 3.05) is 7.11 Å². The van der Waals surface area contributed by atoms with E-state index in [0.29, 0.717) is 11.3 Å². The van der Waals surface area contributed by atoms with Crippen LogP contribution in [-0.2, 0) is 16.1 Å². The number of amides is 1. The van der Waals surface area contributed by atoms with Crippen molar-refractivity contribution >= 4 is 17.7 Å². The third kappa shape index (κ3) is 2.96. The fourth-order valence-corrected chi connectivity index (χ4v) is 2.34. The van der Waals surface area contributed by atoms with Crippen molar-refractivity contribution < 1.29 is 19.4 Å². The zero-order valence-corrected chi connectivity index (χ0v) is 13.9. The van der Waals surface area contributed by atoms with E-state index in [-0.39, 0.29) is 35.5 Å². The Morgan fingerprint density at radius 3 is 2.61 bits per heavy atom. The Hall–Kier alpha value is -2.28. The predicted octanol–water partition coefficient (Wildman–Crippen LogP) is 1.53. The van der Waals surface area contributed by atoms with Crippen molar-refractivity contribution in [2.24, 2.45) is 10.9 Å². The van der Waals surface area contributed by atoms with Crippen molar-refractivity contribution in [3.63, 3.8) is 0 Å². The largest absolute Gasteiger partial charge is 0.478 e. The van der Waals surface area contributed by atoms with Crippen LogP contribution in [0.15, 0.2) is 11.1 Å². The number of pyridine rings is 1. The highest BCUT2D eigenvalue weighted by Crippen LogP contribution is 2.27. The fraction of sp³-hybridized carbons (Fsp3) is 0.500. The summed E-state index contributed by atoms with van der Waals surface area (Å²) in [6.07, 6.45) is 0. The number of aryl methyl sites for hydroxylation is 1. The lowest BCUT2D eigenvalue weighted by atomic mass is 9.89. The van der Waals surface area contributed by atoms with Gasteiger partial charge in [-0.1, -0.05) is 13.8 Å². The number of methoxy groups -OCH3 is 1. The van der Waals surface area contributed by atoms with Crippen LogP contribution in [0.5, 0.6) is 0 Å². The SMILES string of the molecule is COCc1cc(C(=O)O)c(C2=NC(C)(C(C)C)C(=O)N2)nc1C. The Morgan fingerprint density at radius 2 is 2.13 bits per heavy atom. The maximum atomic E-state index is 12.2. The van der Waals surface area contributed by atoms with E-state index < -0.39 is 11.5 Å². The summed E-state index contributed by atoms with van der Waals surface area (Å²) in [5.74, 6) is -1.20. The Bertz CT molecular complexity index is 697. The van der Waals surface area contributed by atoms with Gasteiger partial charge in [0.05, 0.1) is 12.2 Å². The Balaban J connectivity index is 2.58. The van der Waals surface area contributed by atoms with E-state index in [2.05, 4.69) is 15.3 Å². The molecule has 7 heteroatoms. The van der Waals surface area contributed by atoms with Gasteiger partial charge in [0.1, 0.15) is 11.2 Å². The Morgan fingerprint density at radius 1 is 1.48 bits per heavy atom. The molecule has 0 aliphatic carbocycles. The van der Waals surface area contributed by atoms with Crippen LogP contribution in [0.3, 0.4) is 0 Å². The molecular formula is C16H21N3O4. The minimum absolute atomic E-state index is 0.00490. The maximum absolute atomic E-state index is 12.2. The number of aromatic carboxylic acids is 1. The number of ether oxygens (including phenoxy) is 1. The molecule has 0 saturated carbocycles. The van der Waals surface area contributed by atoms with Gasteiger partial charge in [0, 0.05) is 12.8 Å². The minimum atomic E-state index is -1.13. The molecule has 2 heterocycles. The topological polar surface area (TPSA) is 101 Å². The molecule has 124 valence electrons. The monoisotopic (exact) mass is 319 g/mol.